The molecule has 2 N–H and O–H groups in total. The molecule has 0 aromatic heterocycles. The number of aliphatic hydroxyl groups excluding tert-OH is 1. The molecule has 0 spiro atoms. The molecule has 18 heavy (non-hydrogen) atoms. The fourth-order valence-corrected chi connectivity index (χ4v) is 1.54. The molecule has 2 unspecified atom stereocenters. The van der Waals surface area contributed by atoms with Crippen molar-refractivity contribution in [3.8, 4) is 5.75 Å². The van der Waals surface area contributed by atoms with Gasteiger partial charge in [0.25, 0.3) is 0 Å². The molecule has 0 aliphatic rings. The van der Waals surface area contributed by atoms with Crippen molar-refractivity contribution in [3.05, 3.63) is 29.3 Å². The Hall–Kier alpha value is -1.59. The van der Waals surface area contributed by atoms with Gasteiger partial charge >= 0.3 is 5.97 Å². The Morgan fingerprint density at radius 3 is 2.39 bits per heavy atom. The maximum atomic E-state index is 11.7. The summed E-state index contributed by atoms with van der Waals surface area (Å²) in [6.45, 7) is 1.51. The maximum Gasteiger partial charge on any atom is 0.337 e. The van der Waals surface area contributed by atoms with Gasteiger partial charge in [-0.15, -0.1) is 11.6 Å². The monoisotopic (exact) mass is 272 g/mol. The molecule has 0 bridgehead atoms. The lowest BCUT2D eigenvalue weighted by Crippen LogP contribution is -2.14. The van der Waals surface area contributed by atoms with E-state index in [1.807, 2.05) is 0 Å². The van der Waals surface area contributed by atoms with E-state index in [0.29, 0.717) is 0 Å². The Labute approximate surface area is 109 Å². The van der Waals surface area contributed by atoms with Gasteiger partial charge in [0, 0.05) is 5.56 Å². The number of Topliss-reactive ketones (excluding diaryl/α,β-unsaturated/α-hetero) is 1. The van der Waals surface area contributed by atoms with Gasteiger partial charge in [-0.2, -0.15) is 0 Å². The lowest BCUT2D eigenvalue weighted by atomic mass is 10.0. The number of carbonyl (C=O) groups excluding carboxylic acids is 1. The number of hydrogen-bond acceptors (Lipinski definition) is 4. The Balaban J connectivity index is 3.25. The molecule has 0 saturated heterocycles. The van der Waals surface area contributed by atoms with Gasteiger partial charge in [-0.1, -0.05) is 0 Å². The lowest BCUT2D eigenvalue weighted by molar-refractivity contribution is -0.146. The highest BCUT2D eigenvalue weighted by Crippen LogP contribution is 2.23. The Morgan fingerprint density at radius 2 is 1.94 bits per heavy atom. The number of carboxylic acids is 1. The van der Waals surface area contributed by atoms with Crippen LogP contribution in [-0.2, 0) is 4.79 Å². The molecule has 5 nitrogen and oxygen atoms in total. The summed E-state index contributed by atoms with van der Waals surface area (Å²) in [6.07, 6.45) is -1.71. The first-order valence-electron chi connectivity index (χ1n) is 5.15. The van der Waals surface area contributed by atoms with Gasteiger partial charge in [-0.05, 0) is 30.7 Å². The molecule has 0 aliphatic carbocycles. The summed E-state index contributed by atoms with van der Waals surface area (Å²) >= 11 is 5.68. The van der Waals surface area contributed by atoms with Crippen LogP contribution in [0.4, 0.5) is 0 Å². The molecule has 6 heteroatoms. The van der Waals surface area contributed by atoms with Gasteiger partial charge in [0.15, 0.2) is 11.9 Å². The van der Waals surface area contributed by atoms with Gasteiger partial charge < -0.3 is 14.9 Å². The summed E-state index contributed by atoms with van der Waals surface area (Å²) in [5.41, 5.74) is 0.273. The van der Waals surface area contributed by atoms with Crippen molar-refractivity contribution >= 4 is 23.4 Å². The van der Waals surface area contributed by atoms with Gasteiger partial charge in [0.1, 0.15) is 5.75 Å². The predicted octanol–water partition coefficient (Wildman–Crippen LogP) is 1.62. The molecule has 0 heterocycles. The smallest absolute Gasteiger partial charge is 0.337 e. The molecule has 2 atom stereocenters. The number of methoxy groups -OCH3 is 1. The van der Waals surface area contributed by atoms with Gasteiger partial charge in [0.05, 0.1) is 12.5 Å². The van der Waals surface area contributed by atoms with Crippen LogP contribution < -0.4 is 4.74 Å². The molecule has 0 saturated carbocycles. The van der Waals surface area contributed by atoms with E-state index in [1.54, 1.807) is 0 Å². The first-order chi connectivity index (χ1) is 8.36. The third kappa shape index (κ3) is 3.21. The zero-order valence-corrected chi connectivity index (χ0v) is 10.6. The number of hydrogen-bond donors (Lipinski definition) is 2. The Morgan fingerprint density at radius 1 is 1.33 bits per heavy atom. The summed E-state index contributed by atoms with van der Waals surface area (Å²) in [5.74, 6) is -1.48. The van der Waals surface area contributed by atoms with E-state index < -0.39 is 17.5 Å². The third-order valence-electron chi connectivity index (χ3n) is 2.36. The van der Waals surface area contributed by atoms with Crippen LogP contribution in [-0.4, -0.2) is 34.5 Å². The number of rotatable bonds is 5. The molecular weight excluding hydrogens is 260 g/mol. The number of halogens is 1. The molecule has 0 fully saturated rings. The van der Waals surface area contributed by atoms with Crippen molar-refractivity contribution in [2.75, 3.05) is 7.11 Å². The largest absolute Gasteiger partial charge is 0.497 e. The second-order valence-electron chi connectivity index (χ2n) is 3.72. The van der Waals surface area contributed by atoms with Gasteiger partial charge in [0.2, 0.25) is 0 Å². The van der Waals surface area contributed by atoms with E-state index in [-0.39, 0.29) is 22.7 Å². The molecule has 0 radical (unpaired) electrons. The highest BCUT2D eigenvalue weighted by atomic mass is 35.5. The van der Waals surface area contributed by atoms with Crippen molar-refractivity contribution in [1.82, 2.24) is 0 Å². The zero-order chi connectivity index (χ0) is 13.9. The minimum atomic E-state index is -1.71. The average Bonchev–Trinajstić information content (AvgIpc) is 2.35. The number of alkyl halides is 1. The third-order valence-corrected chi connectivity index (χ3v) is 2.56. The van der Waals surface area contributed by atoms with Crippen LogP contribution in [0.3, 0.4) is 0 Å². The first-order valence-corrected chi connectivity index (χ1v) is 5.58. The summed E-state index contributed by atoms with van der Waals surface area (Å²) < 4.78 is 4.96. The first kappa shape index (κ1) is 14.5. The fourth-order valence-electron chi connectivity index (χ4n) is 1.41. The molecule has 98 valence electrons. The molecule has 1 rings (SSSR count). The van der Waals surface area contributed by atoms with Crippen molar-refractivity contribution in [2.45, 2.75) is 18.4 Å². The number of carboxylic acid groups (broad SMARTS) is 1. The summed E-state index contributed by atoms with van der Waals surface area (Å²) in [7, 11) is 1.38. The average molecular weight is 273 g/mol. The van der Waals surface area contributed by atoms with Crippen LogP contribution in [0.5, 0.6) is 5.75 Å². The minimum Gasteiger partial charge on any atom is -0.497 e. The summed E-state index contributed by atoms with van der Waals surface area (Å²) in [4.78, 5) is 22.5. The van der Waals surface area contributed by atoms with E-state index in [9.17, 15) is 14.7 Å². The standard InChI is InChI=1S/C12H13ClO5/c1-6(13)10(14)7-3-8(11(15)12(16)17)5-9(4-7)18-2/h3-6,11,15H,1-2H3,(H,16,17). The highest BCUT2D eigenvalue weighted by Gasteiger charge is 2.20. The van der Waals surface area contributed by atoms with Crippen molar-refractivity contribution in [3.63, 3.8) is 0 Å². The van der Waals surface area contributed by atoms with E-state index in [1.165, 1.54) is 32.2 Å². The molecule has 0 amide bonds. The Kier molecular flexibility index (Phi) is 4.69. The highest BCUT2D eigenvalue weighted by molar-refractivity contribution is 6.33. The quantitative estimate of drug-likeness (QED) is 0.629. The molecule has 0 aliphatic heterocycles. The number of ketones is 1. The van der Waals surface area contributed by atoms with E-state index >= 15 is 0 Å². The van der Waals surface area contributed by atoms with Crippen molar-refractivity contribution in [1.29, 1.82) is 0 Å². The number of aliphatic carboxylic acids is 1. The minimum absolute atomic E-state index is 0.0718. The summed E-state index contributed by atoms with van der Waals surface area (Å²) in [6, 6.07) is 4.09. The van der Waals surface area contributed by atoms with E-state index in [4.69, 9.17) is 21.4 Å². The number of ether oxygens (including phenoxy) is 1. The number of aliphatic hydroxyl groups is 1. The second-order valence-corrected chi connectivity index (χ2v) is 4.37. The van der Waals surface area contributed by atoms with Crippen LogP contribution in [0.1, 0.15) is 28.9 Å². The lowest BCUT2D eigenvalue weighted by Gasteiger charge is -2.11. The van der Waals surface area contributed by atoms with Crippen LogP contribution in [0.15, 0.2) is 18.2 Å². The number of benzene rings is 1. The zero-order valence-electron chi connectivity index (χ0n) is 9.88. The van der Waals surface area contributed by atoms with Crippen molar-refractivity contribution < 1.29 is 24.5 Å². The van der Waals surface area contributed by atoms with Gasteiger partial charge in [-0.25, -0.2) is 4.79 Å². The van der Waals surface area contributed by atoms with Gasteiger partial charge in [-0.3, -0.25) is 4.79 Å². The topological polar surface area (TPSA) is 83.8 Å². The fraction of sp³-hybridized carbons (Fsp3) is 0.333. The van der Waals surface area contributed by atoms with Crippen molar-refractivity contribution in [2.24, 2.45) is 0 Å². The predicted molar refractivity (Wildman–Crippen MR) is 65.2 cm³/mol. The normalized spacial score (nSPS) is 13.8. The molecule has 1 aromatic rings. The van der Waals surface area contributed by atoms with Crippen LogP contribution in [0.25, 0.3) is 0 Å². The Bertz CT molecular complexity index is 470. The maximum absolute atomic E-state index is 11.7. The SMILES string of the molecule is COc1cc(C(=O)C(C)Cl)cc(C(O)C(=O)O)c1. The second kappa shape index (κ2) is 5.84. The van der Waals surface area contributed by atoms with E-state index in [0.717, 1.165) is 0 Å². The van der Waals surface area contributed by atoms with Crippen LogP contribution in [0, 0.1) is 0 Å². The van der Waals surface area contributed by atoms with Crippen LogP contribution >= 0.6 is 11.6 Å². The number of carbonyl (C=O) groups is 2. The summed E-state index contributed by atoms with van der Waals surface area (Å²) in [5, 5.41) is 17.5. The molecule has 1 aromatic carbocycles. The molecular formula is C12H13ClO5. The van der Waals surface area contributed by atoms with Crippen LogP contribution in [0.2, 0.25) is 0 Å². The van der Waals surface area contributed by atoms with E-state index in [2.05, 4.69) is 0 Å².